The number of amides is 3. The van der Waals surface area contributed by atoms with Crippen LogP contribution in [0.1, 0.15) is 79.8 Å². The zero-order valence-electron chi connectivity index (χ0n) is 24.4. The molecule has 220 valence electrons. The Morgan fingerprint density at radius 2 is 1.93 bits per heavy atom. The van der Waals surface area contributed by atoms with E-state index in [0.29, 0.717) is 48.7 Å². The normalized spacial score (nSPS) is 15.9. The third-order valence-corrected chi connectivity index (χ3v) is 9.29. The molecule has 2 fully saturated rings. The summed E-state index contributed by atoms with van der Waals surface area (Å²) in [5.41, 5.74) is 2.41. The fourth-order valence-corrected chi connectivity index (χ4v) is 6.67. The van der Waals surface area contributed by atoms with Crippen molar-refractivity contribution in [3.63, 3.8) is 0 Å². The maximum Gasteiger partial charge on any atom is 0.268 e. The van der Waals surface area contributed by atoms with Gasteiger partial charge in [-0.25, -0.2) is 4.98 Å². The van der Waals surface area contributed by atoms with Gasteiger partial charge in [-0.3, -0.25) is 19.7 Å². The molecule has 2 aromatic heterocycles. The van der Waals surface area contributed by atoms with Crippen molar-refractivity contribution in [3.8, 4) is 0 Å². The Morgan fingerprint density at radius 3 is 2.66 bits per heavy atom. The first-order chi connectivity index (χ1) is 19.8. The molecule has 1 aliphatic carbocycles. The molecule has 3 amide bonds. The maximum atomic E-state index is 13.3. The van der Waals surface area contributed by atoms with Crippen molar-refractivity contribution in [3.05, 3.63) is 40.1 Å². The standard InChI is InChI=1S/C31H42N6O3S/c1-21(2)32-20-24-12-14-27(41-24)30(40)34-31-33-25-19-23(35(3)29(39)18-22-8-4-5-9-22)11-13-26(25)37(31)17-7-16-36-15-6-10-28(36)38/h11-14,19,21-22,32H,4-10,15-18,20H2,1-3H3,(H,33,34,40). The molecule has 0 radical (unpaired) electrons. The number of rotatable bonds is 12. The van der Waals surface area contributed by atoms with Crippen LogP contribution in [0.2, 0.25) is 0 Å². The number of aromatic nitrogens is 2. The van der Waals surface area contributed by atoms with Gasteiger partial charge in [0.25, 0.3) is 5.91 Å². The van der Waals surface area contributed by atoms with E-state index < -0.39 is 0 Å². The third-order valence-electron chi connectivity index (χ3n) is 8.21. The summed E-state index contributed by atoms with van der Waals surface area (Å²) in [6.45, 7) is 7.02. The lowest BCUT2D eigenvalue weighted by Gasteiger charge is -2.19. The molecule has 3 aromatic rings. The van der Waals surface area contributed by atoms with Crippen LogP contribution >= 0.6 is 11.3 Å². The van der Waals surface area contributed by atoms with E-state index >= 15 is 0 Å². The Balaban J connectivity index is 1.35. The van der Waals surface area contributed by atoms with Gasteiger partial charge in [-0.05, 0) is 61.9 Å². The number of anilines is 2. The van der Waals surface area contributed by atoms with Crippen LogP contribution in [0.15, 0.2) is 30.3 Å². The SMILES string of the molecule is CC(C)NCc1ccc(C(=O)Nc2nc3cc(N(C)C(=O)CC4CCCC4)ccc3n2CCCN2CCCC2=O)s1. The molecule has 0 unspecified atom stereocenters. The lowest BCUT2D eigenvalue weighted by Crippen LogP contribution is -2.27. The smallest absolute Gasteiger partial charge is 0.268 e. The molecule has 9 nitrogen and oxygen atoms in total. The van der Waals surface area contributed by atoms with Crippen LogP contribution in [-0.2, 0) is 22.7 Å². The lowest BCUT2D eigenvalue weighted by molar-refractivity contribution is -0.127. The zero-order valence-corrected chi connectivity index (χ0v) is 25.3. The molecular formula is C31H42N6O3S. The summed E-state index contributed by atoms with van der Waals surface area (Å²) in [5.74, 6) is 1.10. The number of aryl methyl sites for hydroxylation is 1. The minimum atomic E-state index is -0.193. The van der Waals surface area contributed by atoms with Crippen LogP contribution in [-0.4, -0.2) is 58.4 Å². The van der Waals surface area contributed by atoms with Crippen molar-refractivity contribution in [2.75, 3.05) is 30.4 Å². The first-order valence-corrected chi connectivity index (χ1v) is 15.8. The molecular weight excluding hydrogens is 536 g/mol. The molecule has 1 saturated carbocycles. The molecule has 2 N–H and O–H groups in total. The zero-order chi connectivity index (χ0) is 28.9. The predicted octanol–water partition coefficient (Wildman–Crippen LogP) is 5.40. The highest BCUT2D eigenvalue weighted by Crippen LogP contribution is 2.30. The van der Waals surface area contributed by atoms with E-state index in [1.54, 1.807) is 4.90 Å². The molecule has 2 aliphatic rings. The second kappa shape index (κ2) is 13.2. The fraction of sp³-hybridized carbons (Fsp3) is 0.548. The van der Waals surface area contributed by atoms with Crippen molar-refractivity contribution in [1.29, 1.82) is 0 Å². The number of fused-ring (bicyclic) bond motifs is 1. The minimum Gasteiger partial charge on any atom is -0.343 e. The molecule has 3 heterocycles. The molecule has 1 saturated heterocycles. The van der Waals surface area contributed by atoms with E-state index in [1.165, 1.54) is 24.2 Å². The average Bonchev–Trinajstić information content (AvgIpc) is 3.76. The van der Waals surface area contributed by atoms with Crippen molar-refractivity contribution < 1.29 is 14.4 Å². The fourth-order valence-electron chi connectivity index (χ4n) is 5.81. The van der Waals surface area contributed by atoms with Gasteiger partial charge in [-0.15, -0.1) is 11.3 Å². The van der Waals surface area contributed by atoms with E-state index in [-0.39, 0.29) is 17.7 Å². The monoisotopic (exact) mass is 578 g/mol. The van der Waals surface area contributed by atoms with Crippen LogP contribution in [0.25, 0.3) is 11.0 Å². The molecule has 1 aromatic carbocycles. The van der Waals surface area contributed by atoms with Gasteiger partial charge in [0, 0.05) is 62.7 Å². The van der Waals surface area contributed by atoms with E-state index in [1.807, 2.05) is 46.8 Å². The molecule has 1 aliphatic heterocycles. The number of carbonyl (C=O) groups excluding carboxylic acids is 3. The number of hydrogen-bond donors (Lipinski definition) is 2. The Labute approximate surface area is 246 Å². The van der Waals surface area contributed by atoms with Crippen LogP contribution in [0.4, 0.5) is 11.6 Å². The van der Waals surface area contributed by atoms with E-state index in [9.17, 15) is 14.4 Å². The highest BCUT2D eigenvalue weighted by molar-refractivity contribution is 7.14. The number of carbonyl (C=O) groups is 3. The summed E-state index contributed by atoms with van der Waals surface area (Å²) in [5, 5.41) is 6.43. The summed E-state index contributed by atoms with van der Waals surface area (Å²) in [4.78, 5) is 48.6. The highest BCUT2D eigenvalue weighted by atomic mass is 32.1. The molecule has 0 bridgehead atoms. The summed E-state index contributed by atoms with van der Waals surface area (Å²) in [6.07, 6.45) is 7.57. The second-order valence-corrected chi connectivity index (χ2v) is 12.8. The Bertz CT molecular complexity index is 1390. The van der Waals surface area contributed by atoms with Crippen LogP contribution in [0, 0.1) is 5.92 Å². The van der Waals surface area contributed by atoms with Crippen molar-refractivity contribution in [1.82, 2.24) is 19.8 Å². The summed E-state index contributed by atoms with van der Waals surface area (Å²) in [7, 11) is 1.83. The average molecular weight is 579 g/mol. The number of hydrogen-bond acceptors (Lipinski definition) is 6. The predicted molar refractivity (Wildman–Crippen MR) is 164 cm³/mol. The largest absolute Gasteiger partial charge is 0.343 e. The maximum absolute atomic E-state index is 13.3. The van der Waals surface area contributed by atoms with Gasteiger partial charge >= 0.3 is 0 Å². The van der Waals surface area contributed by atoms with Gasteiger partial charge in [0.2, 0.25) is 17.8 Å². The van der Waals surface area contributed by atoms with Crippen molar-refractivity contribution >= 4 is 51.7 Å². The van der Waals surface area contributed by atoms with Crippen LogP contribution in [0.3, 0.4) is 0 Å². The number of nitrogens with zero attached hydrogens (tertiary/aromatic N) is 4. The van der Waals surface area contributed by atoms with Gasteiger partial charge in [-0.2, -0.15) is 0 Å². The number of likely N-dealkylation sites (tertiary alicyclic amines) is 1. The molecule has 0 atom stereocenters. The van der Waals surface area contributed by atoms with Crippen molar-refractivity contribution in [2.45, 2.75) is 84.3 Å². The quantitative estimate of drug-likeness (QED) is 0.300. The summed E-state index contributed by atoms with van der Waals surface area (Å²) >= 11 is 1.47. The first-order valence-electron chi connectivity index (χ1n) is 15.0. The number of imidazole rings is 1. The van der Waals surface area contributed by atoms with Gasteiger partial charge < -0.3 is 19.7 Å². The summed E-state index contributed by atoms with van der Waals surface area (Å²) < 4.78 is 2.02. The topological polar surface area (TPSA) is 99.6 Å². The van der Waals surface area contributed by atoms with Gasteiger partial charge in [0.1, 0.15) is 0 Å². The number of benzene rings is 1. The van der Waals surface area contributed by atoms with Gasteiger partial charge in [0.05, 0.1) is 15.9 Å². The van der Waals surface area contributed by atoms with Gasteiger partial charge in [-0.1, -0.05) is 26.7 Å². The molecule has 0 spiro atoms. The van der Waals surface area contributed by atoms with E-state index in [0.717, 1.165) is 60.4 Å². The minimum absolute atomic E-state index is 0.125. The second-order valence-electron chi connectivity index (χ2n) is 11.7. The number of thiophene rings is 1. The Morgan fingerprint density at radius 1 is 1.12 bits per heavy atom. The molecule has 41 heavy (non-hydrogen) atoms. The Hall–Kier alpha value is -3.24. The Kier molecular flexibility index (Phi) is 9.39. The van der Waals surface area contributed by atoms with E-state index in [2.05, 4.69) is 24.5 Å². The number of nitrogens with one attached hydrogen (secondary N) is 2. The van der Waals surface area contributed by atoms with E-state index in [4.69, 9.17) is 4.98 Å². The van der Waals surface area contributed by atoms with Gasteiger partial charge in [0.15, 0.2) is 0 Å². The van der Waals surface area contributed by atoms with Crippen LogP contribution in [0.5, 0.6) is 0 Å². The third kappa shape index (κ3) is 7.16. The lowest BCUT2D eigenvalue weighted by atomic mass is 10.0. The van der Waals surface area contributed by atoms with Crippen molar-refractivity contribution in [2.24, 2.45) is 5.92 Å². The highest BCUT2D eigenvalue weighted by Gasteiger charge is 2.23. The molecule has 10 heteroatoms. The van der Waals surface area contributed by atoms with Crippen LogP contribution < -0.4 is 15.5 Å². The summed E-state index contributed by atoms with van der Waals surface area (Å²) in [6, 6.07) is 10.1. The first kappa shape index (κ1) is 29.3. The molecule has 5 rings (SSSR count).